The lowest BCUT2D eigenvalue weighted by Gasteiger charge is -2.30. The zero-order valence-corrected chi connectivity index (χ0v) is 16.4. The van der Waals surface area contributed by atoms with E-state index in [9.17, 15) is 18.0 Å². The van der Waals surface area contributed by atoms with Crippen molar-refractivity contribution in [2.75, 3.05) is 19.6 Å². The molecule has 2 rings (SSSR count). The molecular formula is C16H25N3O4S2. The highest BCUT2D eigenvalue weighted by Crippen LogP contribution is 2.26. The highest BCUT2D eigenvalue weighted by atomic mass is 32.2. The molecule has 2 amide bonds. The Labute approximate surface area is 152 Å². The summed E-state index contributed by atoms with van der Waals surface area (Å²) < 4.78 is 26.8. The van der Waals surface area contributed by atoms with E-state index in [1.165, 1.54) is 15.6 Å². The van der Waals surface area contributed by atoms with Crippen LogP contribution in [0.2, 0.25) is 0 Å². The maximum Gasteiger partial charge on any atom is 0.252 e. The normalized spacial score (nSPS) is 19.4. The molecule has 25 heavy (non-hydrogen) atoms. The summed E-state index contributed by atoms with van der Waals surface area (Å²) in [6.45, 7) is 6.04. The summed E-state index contributed by atoms with van der Waals surface area (Å²) in [5.74, 6) is -0.985. The zero-order chi connectivity index (χ0) is 18.7. The van der Waals surface area contributed by atoms with Gasteiger partial charge in [0, 0.05) is 18.6 Å². The van der Waals surface area contributed by atoms with Crippen molar-refractivity contribution < 1.29 is 18.0 Å². The van der Waals surface area contributed by atoms with Gasteiger partial charge >= 0.3 is 0 Å². The SMILES string of the molecule is CC(C)(C)NC(=O)CNC(=O)[C@@H]1CCCN(S(=O)(=O)c2cccs2)C1. The fourth-order valence-corrected chi connectivity index (χ4v) is 5.35. The average molecular weight is 388 g/mol. The van der Waals surface area contributed by atoms with E-state index >= 15 is 0 Å². The molecule has 1 atom stereocenters. The Morgan fingerprint density at radius 2 is 2.08 bits per heavy atom. The molecule has 1 saturated heterocycles. The van der Waals surface area contributed by atoms with Gasteiger partial charge in [0.05, 0.1) is 12.5 Å². The molecule has 140 valence electrons. The Hall–Kier alpha value is -1.45. The third-order valence-corrected chi connectivity index (χ3v) is 7.02. The van der Waals surface area contributed by atoms with Crippen molar-refractivity contribution in [3.63, 3.8) is 0 Å². The predicted octanol–water partition coefficient (Wildman–Crippen LogP) is 1.18. The summed E-state index contributed by atoms with van der Waals surface area (Å²) in [5, 5.41) is 7.10. The Morgan fingerprint density at radius 3 is 2.68 bits per heavy atom. The molecule has 0 unspecified atom stereocenters. The minimum Gasteiger partial charge on any atom is -0.350 e. The number of amides is 2. The number of thiophene rings is 1. The second kappa shape index (κ2) is 7.84. The number of nitrogens with one attached hydrogen (secondary N) is 2. The van der Waals surface area contributed by atoms with Crippen LogP contribution in [0.1, 0.15) is 33.6 Å². The predicted molar refractivity (Wildman–Crippen MR) is 96.7 cm³/mol. The third kappa shape index (κ3) is 5.52. The van der Waals surface area contributed by atoms with Crippen LogP contribution in [0.4, 0.5) is 0 Å². The summed E-state index contributed by atoms with van der Waals surface area (Å²) in [4.78, 5) is 24.1. The van der Waals surface area contributed by atoms with Crippen molar-refractivity contribution in [1.82, 2.24) is 14.9 Å². The van der Waals surface area contributed by atoms with E-state index in [2.05, 4.69) is 10.6 Å². The number of carbonyl (C=O) groups excluding carboxylic acids is 2. The number of hydrogen-bond donors (Lipinski definition) is 2. The number of piperidine rings is 1. The van der Waals surface area contributed by atoms with E-state index in [1.54, 1.807) is 17.5 Å². The van der Waals surface area contributed by atoms with Crippen molar-refractivity contribution in [3.8, 4) is 0 Å². The van der Waals surface area contributed by atoms with Gasteiger partial charge < -0.3 is 10.6 Å². The molecule has 7 nitrogen and oxygen atoms in total. The monoisotopic (exact) mass is 387 g/mol. The highest BCUT2D eigenvalue weighted by molar-refractivity contribution is 7.91. The van der Waals surface area contributed by atoms with Gasteiger partial charge in [-0.1, -0.05) is 6.07 Å². The quantitative estimate of drug-likeness (QED) is 0.793. The van der Waals surface area contributed by atoms with E-state index in [1.807, 2.05) is 20.8 Å². The summed E-state index contributed by atoms with van der Waals surface area (Å²) in [5.41, 5.74) is -0.363. The minimum atomic E-state index is -3.55. The fraction of sp³-hybridized carbons (Fsp3) is 0.625. The molecule has 0 aromatic carbocycles. The molecule has 9 heteroatoms. The molecule has 1 fully saturated rings. The number of rotatable bonds is 5. The second-order valence-corrected chi connectivity index (χ2v) is 10.3. The van der Waals surface area contributed by atoms with E-state index < -0.39 is 15.9 Å². The molecule has 2 N–H and O–H groups in total. The number of carbonyl (C=O) groups is 2. The number of hydrogen-bond acceptors (Lipinski definition) is 5. The first-order chi connectivity index (χ1) is 11.6. The standard InChI is InChI=1S/C16H25N3O4S2/c1-16(2,3)18-13(20)10-17-15(21)12-6-4-8-19(11-12)25(22,23)14-7-5-9-24-14/h5,7,9,12H,4,6,8,10-11H2,1-3H3,(H,17,21)(H,18,20)/t12-/m1/s1. The number of nitrogens with zero attached hydrogens (tertiary/aromatic N) is 1. The third-order valence-electron chi connectivity index (χ3n) is 3.78. The summed E-state index contributed by atoms with van der Waals surface area (Å²) in [6, 6.07) is 3.26. The molecular weight excluding hydrogens is 362 g/mol. The van der Waals surface area contributed by atoms with Crippen LogP contribution in [-0.2, 0) is 19.6 Å². The molecule has 1 aliphatic rings. The van der Waals surface area contributed by atoms with Crippen LogP contribution in [0, 0.1) is 5.92 Å². The van der Waals surface area contributed by atoms with Gasteiger partial charge in [0.25, 0.3) is 10.0 Å². The van der Waals surface area contributed by atoms with Gasteiger partial charge in [0.15, 0.2) is 0 Å². The molecule has 1 aromatic rings. The van der Waals surface area contributed by atoms with Crippen LogP contribution in [0.3, 0.4) is 0 Å². The van der Waals surface area contributed by atoms with Crippen molar-refractivity contribution in [3.05, 3.63) is 17.5 Å². The maximum atomic E-state index is 12.6. The van der Waals surface area contributed by atoms with Gasteiger partial charge in [-0.2, -0.15) is 4.31 Å². The van der Waals surface area contributed by atoms with E-state index in [4.69, 9.17) is 0 Å². The van der Waals surface area contributed by atoms with Crippen LogP contribution >= 0.6 is 11.3 Å². The number of sulfonamides is 1. The van der Waals surface area contributed by atoms with E-state index in [-0.39, 0.29) is 34.7 Å². The first kappa shape index (κ1) is 19.9. The Bertz CT molecular complexity index is 708. The molecule has 0 aliphatic carbocycles. The van der Waals surface area contributed by atoms with Gasteiger partial charge in [-0.25, -0.2) is 8.42 Å². The van der Waals surface area contributed by atoms with Crippen molar-refractivity contribution in [2.45, 2.75) is 43.4 Å². The van der Waals surface area contributed by atoms with Gasteiger partial charge in [0.1, 0.15) is 4.21 Å². The summed E-state index contributed by atoms with van der Waals surface area (Å²) in [6.07, 6.45) is 1.24. The zero-order valence-electron chi connectivity index (χ0n) is 14.7. The Morgan fingerprint density at radius 1 is 1.36 bits per heavy atom. The van der Waals surface area contributed by atoms with Crippen LogP contribution in [0.15, 0.2) is 21.7 Å². The van der Waals surface area contributed by atoms with Gasteiger partial charge in [-0.3, -0.25) is 9.59 Å². The molecule has 1 aliphatic heterocycles. The summed E-state index contributed by atoms with van der Waals surface area (Å²) >= 11 is 1.17. The minimum absolute atomic E-state index is 0.107. The van der Waals surface area contributed by atoms with Crippen LogP contribution in [0.5, 0.6) is 0 Å². The molecule has 0 saturated carbocycles. The van der Waals surface area contributed by atoms with E-state index in [0.29, 0.717) is 19.4 Å². The summed E-state index contributed by atoms with van der Waals surface area (Å²) in [7, 11) is -3.55. The Kier molecular flexibility index (Phi) is 6.23. The van der Waals surface area contributed by atoms with Crippen LogP contribution in [0.25, 0.3) is 0 Å². The Balaban J connectivity index is 1.92. The van der Waals surface area contributed by atoms with Crippen LogP contribution < -0.4 is 10.6 Å². The van der Waals surface area contributed by atoms with Gasteiger partial charge in [-0.05, 0) is 45.1 Å². The smallest absolute Gasteiger partial charge is 0.252 e. The largest absolute Gasteiger partial charge is 0.350 e. The molecule has 0 radical (unpaired) electrons. The lowest BCUT2D eigenvalue weighted by Crippen LogP contribution is -2.49. The van der Waals surface area contributed by atoms with Crippen molar-refractivity contribution >= 4 is 33.2 Å². The molecule has 2 heterocycles. The first-order valence-corrected chi connectivity index (χ1v) is 10.5. The van der Waals surface area contributed by atoms with Crippen molar-refractivity contribution in [1.29, 1.82) is 0 Å². The van der Waals surface area contributed by atoms with E-state index in [0.717, 1.165) is 0 Å². The maximum absolute atomic E-state index is 12.6. The average Bonchev–Trinajstić information content (AvgIpc) is 3.06. The molecule has 0 bridgehead atoms. The van der Waals surface area contributed by atoms with Gasteiger partial charge in [0.2, 0.25) is 11.8 Å². The van der Waals surface area contributed by atoms with Gasteiger partial charge in [-0.15, -0.1) is 11.3 Å². The molecule has 0 spiro atoms. The van der Waals surface area contributed by atoms with Crippen molar-refractivity contribution in [2.24, 2.45) is 5.92 Å². The topological polar surface area (TPSA) is 95.6 Å². The lowest BCUT2D eigenvalue weighted by atomic mass is 9.99. The first-order valence-electron chi connectivity index (χ1n) is 8.22. The lowest BCUT2D eigenvalue weighted by molar-refractivity contribution is -0.129. The molecule has 1 aromatic heterocycles. The second-order valence-electron chi connectivity index (χ2n) is 7.15. The van der Waals surface area contributed by atoms with Crippen LogP contribution in [-0.4, -0.2) is 49.7 Å². The highest BCUT2D eigenvalue weighted by Gasteiger charge is 2.33. The fourth-order valence-electron chi connectivity index (χ4n) is 2.69.